The van der Waals surface area contributed by atoms with E-state index in [0.717, 1.165) is 16.6 Å². The molecule has 1 heterocycles. The summed E-state index contributed by atoms with van der Waals surface area (Å²) >= 11 is 6.16. The number of para-hydroxylation sites is 3. The quantitative estimate of drug-likeness (QED) is 0.521. The maximum absolute atomic E-state index is 10.9. The second-order valence-electron chi connectivity index (χ2n) is 6.20. The molecule has 0 aliphatic rings. The summed E-state index contributed by atoms with van der Waals surface area (Å²) in [5.74, 6) is 1.25. The van der Waals surface area contributed by atoms with Crippen molar-refractivity contribution in [3.63, 3.8) is 0 Å². The van der Waals surface area contributed by atoms with Crippen molar-refractivity contribution < 1.29 is 9.84 Å². The van der Waals surface area contributed by atoms with Crippen LogP contribution in [0.3, 0.4) is 0 Å². The molecule has 1 unspecified atom stereocenters. The SMILES string of the molecule is OC(c1ccccc1)c1nc2ccccc2n1CCOc1ccccc1Cl. The highest BCUT2D eigenvalue weighted by Gasteiger charge is 2.19. The number of aliphatic hydroxyl groups is 1. The summed E-state index contributed by atoms with van der Waals surface area (Å²) in [5.41, 5.74) is 2.62. The number of benzene rings is 3. The molecule has 1 aromatic heterocycles. The first-order valence-corrected chi connectivity index (χ1v) is 9.17. The van der Waals surface area contributed by atoms with E-state index in [1.165, 1.54) is 0 Å². The van der Waals surface area contributed by atoms with Gasteiger partial charge in [-0.2, -0.15) is 0 Å². The van der Waals surface area contributed by atoms with E-state index in [4.69, 9.17) is 16.3 Å². The molecular formula is C22H19ClN2O2. The third-order valence-corrected chi connectivity index (χ3v) is 4.77. The first-order chi connectivity index (χ1) is 13.2. The molecular weight excluding hydrogens is 360 g/mol. The Morgan fingerprint density at radius 1 is 0.926 bits per heavy atom. The van der Waals surface area contributed by atoms with Gasteiger partial charge in [-0.05, 0) is 29.8 Å². The summed E-state index contributed by atoms with van der Waals surface area (Å²) in [6.07, 6.45) is -0.807. The molecule has 0 amide bonds. The topological polar surface area (TPSA) is 47.3 Å². The third kappa shape index (κ3) is 3.68. The van der Waals surface area contributed by atoms with E-state index in [-0.39, 0.29) is 0 Å². The van der Waals surface area contributed by atoms with Crippen molar-refractivity contribution in [2.24, 2.45) is 0 Å². The van der Waals surface area contributed by atoms with Gasteiger partial charge in [0.15, 0.2) is 0 Å². The Morgan fingerprint density at radius 2 is 1.63 bits per heavy atom. The molecule has 0 spiro atoms. The molecule has 4 nitrogen and oxygen atoms in total. The van der Waals surface area contributed by atoms with Gasteiger partial charge in [0, 0.05) is 0 Å². The molecule has 0 saturated heterocycles. The van der Waals surface area contributed by atoms with Crippen molar-refractivity contribution in [2.45, 2.75) is 12.6 Å². The largest absolute Gasteiger partial charge is 0.490 e. The third-order valence-electron chi connectivity index (χ3n) is 4.45. The minimum Gasteiger partial charge on any atom is -0.490 e. The lowest BCUT2D eigenvalue weighted by molar-refractivity contribution is 0.201. The number of rotatable bonds is 6. The highest BCUT2D eigenvalue weighted by molar-refractivity contribution is 6.32. The summed E-state index contributed by atoms with van der Waals surface area (Å²) < 4.78 is 7.84. The maximum Gasteiger partial charge on any atom is 0.143 e. The first kappa shape index (κ1) is 17.6. The molecule has 0 aliphatic heterocycles. The smallest absolute Gasteiger partial charge is 0.143 e. The van der Waals surface area contributed by atoms with Crippen LogP contribution in [0.5, 0.6) is 5.75 Å². The Labute approximate surface area is 162 Å². The molecule has 4 rings (SSSR count). The molecule has 0 aliphatic carbocycles. The summed E-state index contributed by atoms with van der Waals surface area (Å²) in [7, 11) is 0. The number of aromatic nitrogens is 2. The molecule has 0 saturated carbocycles. The average Bonchev–Trinajstić information content (AvgIpc) is 3.08. The van der Waals surface area contributed by atoms with Crippen LogP contribution in [-0.2, 0) is 6.54 Å². The van der Waals surface area contributed by atoms with Crippen LogP contribution in [0.4, 0.5) is 0 Å². The van der Waals surface area contributed by atoms with Gasteiger partial charge in [0.05, 0.1) is 22.6 Å². The van der Waals surface area contributed by atoms with Crippen LogP contribution in [0.2, 0.25) is 5.02 Å². The fourth-order valence-electron chi connectivity index (χ4n) is 3.13. The van der Waals surface area contributed by atoms with Gasteiger partial charge in [0.1, 0.15) is 24.3 Å². The van der Waals surface area contributed by atoms with Gasteiger partial charge in [-0.25, -0.2) is 4.98 Å². The zero-order chi connectivity index (χ0) is 18.6. The molecule has 4 aromatic rings. The Balaban J connectivity index is 1.63. The number of ether oxygens (including phenoxy) is 1. The van der Waals surface area contributed by atoms with Crippen molar-refractivity contribution >= 4 is 22.6 Å². The normalized spacial score (nSPS) is 12.2. The molecule has 0 bridgehead atoms. The van der Waals surface area contributed by atoms with Crippen LogP contribution in [-0.4, -0.2) is 21.3 Å². The lowest BCUT2D eigenvalue weighted by Gasteiger charge is -2.15. The van der Waals surface area contributed by atoms with Crippen molar-refractivity contribution in [3.05, 3.63) is 95.3 Å². The number of imidazole rings is 1. The Kier molecular flexibility index (Phi) is 5.10. The van der Waals surface area contributed by atoms with Crippen LogP contribution in [0.25, 0.3) is 11.0 Å². The van der Waals surface area contributed by atoms with Crippen LogP contribution in [0.1, 0.15) is 17.5 Å². The van der Waals surface area contributed by atoms with E-state index in [1.807, 2.05) is 77.4 Å². The van der Waals surface area contributed by atoms with Crippen molar-refractivity contribution in [1.82, 2.24) is 9.55 Å². The molecule has 3 aromatic carbocycles. The second kappa shape index (κ2) is 7.82. The van der Waals surface area contributed by atoms with E-state index >= 15 is 0 Å². The molecule has 27 heavy (non-hydrogen) atoms. The van der Waals surface area contributed by atoms with Gasteiger partial charge in [0.2, 0.25) is 0 Å². The van der Waals surface area contributed by atoms with Crippen LogP contribution in [0.15, 0.2) is 78.9 Å². The van der Waals surface area contributed by atoms with Crippen molar-refractivity contribution in [3.8, 4) is 5.75 Å². The van der Waals surface area contributed by atoms with Gasteiger partial charge < -0.3 is 14.4 Å². The standard InChI is InChI=1S/C22H19ClN2O2/c23-17-10-4-7-13-20(17)27-15-14-25-19-12-6-5-11-18(19)24-22(25)21(26)16-8-2-1-3-9-16/h1-13,21,26H,14-15H2. The fourth-order valence-corrected chi connectivity index (χ4v) is 3.32. The Morgan fingerprint density at radius 3 is 2.44 bits per heavy atom. The number of fused-ring (bicyclic) bond motifs is 1. The van der Waals surface area contributed by atoms with Crippen molar-refractivity contribution in [2.75, 3.05) is 6.61 Å². The molecule has 1 N–H and O–H groups in total. The predicted molar refractivity (Wildman–Crippen MR) is 107 cm³/mol. The first-order valence-electron chi connectivity index (χ1n) is 8.79. The van der Waals surface area contributed by atoms with Gasteiger partial charge >= 0.3 is 0 Å². The Bertz CT molecular complexity index is 1050. The summed E-state index contributed by atoms with van der Waals surface area (Å²) in [4.78, 5) is 4.66. The molecule has 0 radical (unpaired) electrons. The Hall–Kier alpha value is -2.82. The van der Waals surface area contributed by atoms with E-state index < -0.39 is 6.10 Å². The second-order valence-corrected chi connectivity index (χ2v) is 6.61. The van der Waals surface area contributed by atoms with Gasteiger partial charge in [0.25, 0.3) is 0 Å². The van der Waals surface area contributed by atoms with Crippen LogP contribution >= 0.6 is 11.6 Å². The number of hydrogen-bond donors (Lipinski definition) is 1. The minimum absolute atomic E-state index is 0.415. The highest BCUT2D eigenvalue weighted by Crippen LogP contribution is 2.26. The lowest BCUT2D eigenvalue weighted by atomic mass is 10.1. The summed E-state index contributed by atoms with van der Waals surface area (Å²) in [6.45, 7) is 0.962. The maximum atomic E-state index is 10.9. The van der Waals surface area contributed by atoms with Gasteiger partial charge in [-0.3, -0.25) is 0 Å². The van der Waals surface area contributed by atoms with Crippen LogP contribution < -0.4 is 4.74 Å². The van der Waals surface area contributed by atoms with E-state index in [0.29, 0.717) is 29.7 Å². The number of halogens is 1. The average molecular weight is 379 g/mol. The predicted octanol–water partition coefficient (Wildman–Crippen LogP) is 4.85. The zero-order valence-electron chi connectivity index (χ0n) is 14.6. The van der Waals surface area contributed by atoms with E-state index in [9.17, 15) is 5.11 Å². The molecule has 5 heteroatoms. The fraction of sp³-hybridized carbons (Fsp3) is 0.136. The van der Waals surface area contributed by atoms with Gasteiger partial charge in [-0.1, -0.05) is 66.2 Å². The van der Waals surface area contributed by atoms with Crippen LogP contribution in [0, 0.1) is 0 Å². The minimum atomic E-state index is -0.807. The highest BCUT2D eigenvalue weighted by atomic mass is 35.5. The summed E-state index contributed by atoms with van der Waals surface area (Å²) in [5, 5.41) is 11.5. The van der Waals surface area contributed by atoms with E-state index in [1.54, 1.807) is 6.07 Å². The number of nitrogens with zero attached hydrogens (tertiary/aromatic N) is 2. The number of hydrogen-bond acceptors (Lipinski definition) is 3. The lowest BCUT2D eigenvalue weighted by Crippen LogP contribution is -2.14. The molecule has 136 valence electrons. The molecule has 0 fully saturated rings. The number of aliphatic hydroxyl groups excluding tert-OH is 1. The monoisotopic (exact) mass is 378 g/mol. The summed E-state index contributed by atoms with van der Waals surface area (Å²) in [6, 6.07) is 24.8. The zero-order valence-corrected chi connectivity index (χ0v) is 15.4. The van der Waals surface area contributed by atoms with Crippen molar-refractivity contribution in [1.29, 1.82) is 0 Å². The van der Waals surface area contributed by atoms with Gasteiger partial charge in [-0.15, -0.1) is 0 Å². The molecule has 1 atom stereocenters. The van der Waals surface area contributed by atoms with E-state index in [2.05, 4.69) is 4.98 Å².